The Bertz CT molecular complexity index is 101. The van der Waals surface area contributed by atoms with Crippen LogP contribution in [0.4, 0.5) is 0 Å². The van der Waals surface area contributed by atoms with Gasteiger partial charge in [-0.15, -0.1) is 0 Å². The molecule has 0 aliphatic carbocycles. The van der Waals surface area contributed by atoms with Crippen molar-refractivity contribution in [1.82, 2.24) is 5.32 Å². The van der Waals surface area contributed by atoms with Gasteiger partial charge in [0.05, 0.1) is 0 Å². The van der Waals surface area contributed by atoms with Crippen LogP contribution in [0.1, 0.15) is 71.6 Å². The Morgan fingerprint density at radius 1 is 0.786 bits per heavy atom. The van der Waals surface area contributed by atoms with E-state index in [1.807, 2.05) is 0 Å². The highest BCUT2D eigenvalue weighted by atomic mass is 14.9. The Morgan fingerprint density at radius 2 is 1.43 bits per heavy atom. The molecule has 1 N–H and O–H groups in total. The summed E-state index contributed by atoms with van der Waals surface area (Å²) in [5.41, 5.74) is 0. The van der Waals surface area contributed by atoms with Gasteiger partial charge in [-0.05, 0) is 19.9 Å². The molecule has 0 heterocycles. The Balaban J connectivity index is 3.15. The molecule has 0 aliphatic heterocycles. The van der Waals surface area contributed by atoms with Crippen LogP contribution in [-0.2, 0) is 0 Å². The predicted molar refractivity (Wildman–Crippen MR) is 65.7 cm³/mol. The summed E-state index contributed by atoms with van der Waals surface area (Å²) < 4.78 is 0. The number of hydrogen-bond acceptors (Lipinski definition) is 1. The molecule has 1 unspecified atom stereocenters. The fourth-order valence-electron chi connectivity index (χ4n) is 1.95. The molecule has 1 atom stereocenters. The monoisotopic (exact) mass is 199 g/mol. The number of hydrogen-bond donors (Lipinski definition) is 1. The van der Waals surface area contributed by atoms with Gasteiger partial charge in [0, 0.05) is 6.04 Å². The lowest BCUT2D eigenvalue weighted by molar-refractivity contribution is 0.454. The van der Waals surface area contributed by atoms with E-state index in [0.29, 0.717) is 0 Å². The molecule has 86 valence electrons. The van der Waals surface area contributed by atoms with E-state index in [1.165, 1.54) is 57.8 Å². The van der Waals surface area contributed by atoms with Gasteiger partial charge in [-0.2, -0.15) is 0 Å². The topological polar surface area (TPSA) is 12.0 Å². The number of unbranched alkanes of at least 4 members (excludes halogenated alkanes) is 5. The second kappa shape index (κ2) is 11.0. The van der Waals surface area contributed by atoms with E-state index in [9.17, 15) is 0 Å². The molecule has 0 amide bonds. The number of rotatable bonds is 10. The zero-order valence-electron chi connectivity index (χ0n) is 10.4. The van der Waals surface area contributed by atoms with Crippen molar-refractivity contribution in [2.24, 2.45) is 0 Å². The fourth-order valence-corrected chi connectivity index (χ4v) is 1.95. The van der Waals surface area contributed by atoms with E-state index in [-0.39, 0.29) is 0 Å². The Hall–Kier alpha value is -0.0400. The van der Waals surface area contributed by atoms with Crippen LogP contribution in [0.5, 0.6) is 0 Å². The van der Waals surface area contributed by atoms with Crippen LogP contribution in [0.2, 0.25) is 0 Å². The number of nitrogens with one attached hydrogen (secondary N) is 1. The second-order valence-electron chi connectivity index (χ2n) is 4.33. The largest absolute Gasteiger partial charge is 0.317 e. The van der Waals surface area contributed by atoms with E-state index in [1.54, 1.807) is 0 Å². The molecule has 0 fully saturated rings. The third-order valence-corrected chi connectivity index (χ3v) is 2.95. The molecular weight excluding hydrogens is 170 g/mol. The summed E-state index contributed by atoms with van der Waals surface area (Å²) in [5, 5.41) is 3.41. The van der Waals surface area contributed by atoms with Gasteiger partial charge < -0.3 is 5.32 Å². The van der Waals surface area contributed by atoms with E-state index < -0.39 is 0 Å². The third-order valence-electron chi connectivity index (χ3n) is 2.95. The highest BCUT2D eigenvalue weighted by Gasteiger charge is 2.03. The summed E-state index contributed by atoms with van der Waals surface area (Å²) in [5.74, 6) is 0. The zero-order valence-corrected chi connectivity index (χ0v) is 10.4. The molecule has 0 spiro atoms. The minimum atomic E-state index is 0.770. The lowest BCUT2D eigenvalue weighted by Gasteiger charge is -2.14. The van der Waals surface area contributed by atoms with Crippen molar-refractivity contribution in [3.8, 4) is 0 Å². The molecule has 0 aromatic carbocycles. The van der Waals surface area contributed by atoms with Crippen LogP contribution in [0.25, 0.3) is 0 Å². The average Bonchev–Trinajstić information content (AvgIpc) is 2.21. The quantitative estimate of drug-likeness (QED) is 0.522. The van der Waals surface area contributed by atoms with E-state index in [2.05, 4.69) is 26.2 Å². The first-order chi connectivity index (χ1) is 6.85. The van der Waals surface area contributed by atoms with Crippen molar-refractivity contribution in [1.29, 1.82) is 0 Å². The third kappa shape index (κ3) is 8.55. The second-order valence-corrected chi connectivity index (χ2v) is 4.33. The van der Waals surface area contributed by atoms with Crippen molar-refractivity contribution < 1.29 is 0 Å². The van der Waals surface area contributed by atoms with Gasteiger partial charge in [-0.3, -0.25) is 0 Å². The summed E-state index contributed by atoms with van der Waals surface area (Å²) >= 11 is 0. The first-order valence-corrected chi connectivity index (χ1v) is 6.52. The molecule has 0 radical (unpaired) electrons. The Morgan fingerprint density at radius 3 is 2.00 bits per heavy atom. The van der Waals surface area contributed by atoms with Crippen molar-refractivity contribution >= 4 is 0 Å². The SMILES string of the molecule is CCCCCCCCC(CCC)NC. The molecule has 0 aromatic rings. The predicted octanol–water partition coefficient (Wildman–Crippen LogP) is 4.13. The van der Waals surface area contributed by atoms with Crippen molar-refractivity contribution in [2.45, 2.75) is 77.7 Å². The summed E-state index contributed by atoms with van der Waals surface area (Å²) in [7, 11) is 2.09. The van der Waals surface area contributed by atoms with Gasteiger partial charge in [0.2, 0.25) is 0 Å². The Kier molecular flexibility index (Phi) is 11.0. The van der Waals surface area contributed by atoms with Crippen molar-refractivity contribution in [3.63, 3.8) is 0 Å². The van der Waals surface area contributed by atoms with Crippen LogP contribution in [0, 0.1) is 0 Å². The molecule has 0 rings (SSSR count). The minimum Gasteiger partial charge on any atom is -0.317 e. The first-order valence-electron chi connectivity index (χ1n) is 6.52. The van der Waals surface area contributed by atoms with Gasteiger partial charge in [-0.1, -0.05) is 58.8 Å². The van der Waals surface area contributed by atoms with Crippen LogP contribution in [-0.4, -0.2) is 13.1 Å². The van der Waals surface area contributed by atoms with Crippen LogP contribution < -0.4 is 5.32 Å². The fraction of sp³-hybridized carbons (Fsp3) is 1.00. The summed E-state index contributed by atoms with van der Waals surface area (Å²) in [6, 6.07) is 0.770. The van der Waals surface area contributed by atoms with Crippen molar-refractivity contribution in [3.05, 3.63) is 0 Å². The lowest BCUT2D eigenvalue weighted by atomic mass is 10.0. The van der Waals surface area contributed by atoms with Crippen LogP contribution in [0.3, 0.4) is 0 Å². The molecular formula is C13H29N. The highest BCUT2D eigenvalue weighted by Crippen LogP contribution is 2.10. The molecule has 1 nitrogen and oxygen atoms in total. The van der Waals surface area contributed by atoms with E-state index in [4.69, 9.17) is 0 Å². The smallest absolute Gasteiger partial charge is 0.00639 e. The van der Waals surface area contributed by atoms with Gasteiger partial charge in [-0.25, -0.2) is 0 Å². The summed E-state index contributed by atoms with van der Waals surface area (Å²) in [4.78, 5) is 0. The maximum Gasteiger partial charge on any atom is 0.00639 e. The zero-order chi connectivity index (χ0) is 10.6. The van der Waals surface area contributed by atoms with E-state index in [0.717, 1.165) is 6.04 Å². The lowest BCUT2D eigenvalue weighted by Crippen LogP contribution is -2.24. The molecule has 0 saturated carbocycles. The highest BCUT2D eigenvalue weighted by molar-refractivity contribution is 4.63. The molecule has 0 aliphatic rings. The van der Waals surface area contributed by atoms with Gasteiger partial charge in [0.25, 0.3) is 0 Å². The molecule has 1 heteroatoms. The van der Waals surface area contributed by atoms with Gasteiger partial charge in [0.1, 0.15) is 0 Å². The Labute approximate surface area is 90.7 Å². The maximum atomic E-state index is 3.41. The summed E-state index contributed by atoms with van der Waals surface area (Å²) in [6.07, 6.45) is 12.5. The molecule has 0 saturated heterocycles. The normalized spacial score (nSPS) is 13.1. The standard InChI is InChI=1S/C13H29N/c1-4-6-7-8-9-10-12-13(14-3)11-5-2/h13-14H,4-12H2,1-3H3. The molecule has 0 aromatic heterocycles. The van der Waals surface area contributed by atoms with Crippen LogP contribution in [0.15, 0.2) is 0 Å². The average molecular weight is 199 g/mol. The molecule has 14 heavy (non-hydrogen) atoms. The van der Waals surface area contributed by atoms with Crippen molar-refractivity contribution in [2.75, 3.05) is 7.05 Å². The minimum absolute atomic E-state index is 0.770. The van der Waals surface area contributed by atoms with E-state index >= 15 is 0 Å². The van der Waals surface area contributed by atoms with Gasteiger partial charge >= 0.3 is 0 Å². The first kappa shape index (κ1) is 14.0. The van der Waals surface area contributed by atoms with Crippen LogP contribution >= 0.6 is 0 Å². The molecule has 0 bridgehead atoms. The van der Waals surface area contributed by atoms with Gasteiger partial charge in [0.15, 0.2) is 0 Å². The maximum absolute atomic E-state index is 3.41. The summed E-state index contributed by atoms with van der Waals surface area (Å²) in [6.45, 7) is 4.55.